The third kappa shape index (κ3) is 2.32. The number of H-pyrrole nitrogens is 1. The highest BCUT2D eigenvalue weighted by atomic mass is 32.1. The maximum Gasteiger partial charge on any atom is 0.0562 e. The minimum absolute atomic E-state index is 1.18. The summed E-state index contributed by atoms with van der Waals surface area (Å²) in [5.41, 5.74) is 6.03. The zero-order chi connectivity index (χ0) is 21.5. The molecule has 0 aliphatic heterocycles. The Hall–Kier alpha value is -4.08. The summed E-state index contributed by atoms with van der Waals surface area (Å²) >= 11 is 1.86. The number of nitrogens with one attached hydrogen (secondary N) is 1. The summed E-state index contributed by atoms with van der Waals surface area (Å²) in [7, 11) is 0. The summed E-state index contributed by atoms with van der Waals surface area (Å²) in [4.78, 5) is 3.63. The van der Waals surface area contributed by atoms with Crippen molar-refractivity contribution in [3.63, 3.8) is 0 Å². The molecule has 5 aromatic carbocycles. The molecule has 2 nitrogen and oxygen atoms in total. The van der Waals surface area contributed by atoms with Crippen LogP contribution in [0.1, 0.15) is 0 Å². The zero-order valence-electron chi connectivity index (χ0n) is 17.7. The number of hydrogen-bond donors (Lipinski definition) is 1. The fourth-order valence-corrected chi connectivity index (χ4v) is 6.53. The van der Waals surface area contributed by atoms with Crippen LogP contribution >= 0.6 is 11.3 Å². The molecule has 3 aromatic heterocycles. The average molecular weight is 439 g/mol. The third-order valence-electron chi connectivity index (χ3n) is 6.92. The van der Waals surface area contributed by atoms with E-state index in [1.54, 1.807) is 0 Å². The van der Waals surface area contributed by atoms with Gasteiger partial charge >= 0.3 is 0 Å². The van der Waals surface area contributed by atoms with Gasteiger partial charge in [-0.3, -0.25) is 0 Å². The minimum atomic E-state index is 1.18. The van der Waals surface area contributed by atoms with Gasteiger partial charge in [-0.25, -0.2) is 0 Å². The number of thiophene rings is 1. The lowest BCUT2D eigenvalue weighted by atomic mass is 10.1. The Bertz CT molecular complexity index is 2030. The summed E-state index contributed by atoms with van der Waals surface area (Å²) in [5, 5.41) is 7.79. The molecule has 0 aliphatic carbocycles. The Labute approximate surface area is 193 Å². The van der Waals surface area contributed by atoms with Crippen LogP contribution in [0.3, 0.4) is 0 Å². The molecule has 8 rings (SSSR count). The fourth-order valence-electron chi connectivity index (χ4n) is 5.44. The van der Waals surface area contributed by atoms with E-state index in [-0.39, 0.29) is 0 Å². The molecule has 3 heterocycles. The van der Waals surface area contributed by atoms with E-state index in [2.05, 4.69) is 113 Å². The molecule has 33 heavy (non-hydrogen) atoms. The van der Waals surface area contributed by atoms with Crippen molar-refractivity contribution in [2.45, 2.75) is 0 Å². The van der Waals surface area contributed by atoms with Gasteiger partial charge in [-0.1, -0.05) is 54.6 Å². The molecule has 0 saturated carbocycles. The van der Waals surface area contributed by atoms with Crippen LogP contribution in [0.5, 0.6) is 0 Å². The van der Waals surface area contributed by atoms with Crippen molar-refractivity contribution in [1.82, 2.24) is 9.55 Å². The number of nitrogens with zero attached hydrogens (tertiary/aromatic N) is 1. The predicted molar refractivity (Wildman–Crippen MR) is 143 cm³/mol. The molecule has 3 heteroatoms. The lowest BCUT2D eigenvalue weighted by Crippen LogP contribution is -1.93. The molecule has 0 radical (unpaired) electrons. The number of aromatic nitrogens is 2. The maximum atomic E-state index is 3.63. The molecule has 0 unspecified atom stereocenters. The molecule has 0 bridgehead atoms. The van der Waals surface area contributed by atoms with Gasteiger partial charge in [-0.15, -0.1) is 11.3 Å². The Balaban J connectivity index is 1.52. The smallest absolute Gasteiger partial charge is 0.0562 e. The van der Waals surface area contributed by atoms with Gasteiger partial charge in [0.15, 0.2) is 0 Å². The second-order valence-corrected chi connectivity index (χ2v) is 9.80. The van der Waals surface area contributed by atoms with Gasteiger partial charge in [-0.2, -0.15) is 0 Å². The van der Waals surface area contributed by atoms with Gasteiger partial charge in [0.2, 0.25) is 0 Å². The first-order chi connectivity index (χ1) is 16.3. The van der Waals surface area contributed by atoms with Crippen LogP contribution in [-0.2, 0) is 0 Å². The molecule has 0 saturated heterocycles. The first kappa shape index (κ1) is 17.5. The summed E-state index contributed by atoms with van der Waals surface area (Å²) < 4.78 is 5.09. The summed E-state index contributed by atoms with van der Waals surface area (Å²) in [6.45, 7) is 0. The number of benzene rings is 5. The highest BCUT2D eigenvalue weighted by Gasteiger charge is 2.16. The normalized spacial score (nSPS) is 12.2. The van der Waals surface area contributed by atoms with Crippen LogP contribution < -0.4 is 0 Å². The van der Waals surface area contributed by atoms with Crippen molar-refractivity contribution in [1.29, 1.82) is 0 Å². The molecular formula is C30H18N2S. The van der Waals surface area contributed by atoms with E-state index in [4.69, 9.17) is 0 Å². The largest absolute Gasteiger partial charge is 0.354 e. The number of aromatic amines is 1. The molecule has 0 aliphatic rings. The minimum Gasteiger partial charge on any atom is -0.354 e. The Morgan fingerprint density at radius 2 is 1.24 bits per heavy atom. The molecule has 0 amide bonds. The van der Waals surface area contributed by atoms with E-state index < -0.39 is 0 Å². The SMILES string of the molecule is c1ccc2c(c1)[nH]c1cc3c(cc12)c1ccccc1n3-c1ccc2sc3ccccc3c2c1. The van der Waals surface area contributed by atoms with Crippen LogP contribution in [0, 0.1) is 0 Å². The molecular weight excluding hydrogens is 420 g/mol. The highest BCUT2D eigenvalue weighted by molar-refractivity contribution is 7.25. The average Bonchev–Trinajstić information content (AvgIpc) is 3.51. The van der Waals surface area contributed by atoms with Crippen molar-refractivity contribution in [2.24, 2.45) is 0 Å². The van der Waals surface area contributed by atoms with Crippen molar-refractivity contribution in [3.05, 3.63) is 103 Å². The first-order valence-electron chi connectivity index (χ1n) is 11.2. The molecule has 0 fully saturated rings. The topological polar surface area (TPSA) is 20.7 Å². The van der Waals surface area contributed by atoms with E-state index in [1.807, 2.05) is 11.3 Å². The van der Waals surface area contributed by atoms with Crippen LogP contribution in [-0.4, -0.2) is 9.55 Å². The lowest BCUT2D eigenvalue weighted by Gasteiger charge is -2.08. The van der Waals surface area contributed by atoms with Gasteiger partial charge < -0.3 is 9.55 Å². The molecule has 0 spiro atoms. The number of rotatable bonds is 1. The predicted octanol–water partition coefficient (Wildman–Crippen LogP) is 8.79. The number of fused-ring (bicyclic) bond motifs is 9. The van der Waals surface area contributed by atoms with Crippen molar-refractivity contribution in [2.75, 3.05) is 0 Å². The molecule has 154 valence electrons. The summed E-state index contributed by atoms with van der Waals surface area (Å²) in [6.07, 6.45) is 0. The number of hydrogen-bond acceptors (Lipinski definition) is 1. The van der Waals surface area contributed by atoms with Crippen molar-refractivity contribution in [3.8, 4) is 5.69 Å². The van der Waals surface area contributed by atoms with E-state index in [1.165, 1.54) is 69.5 Å². The van der Waals surface area contributed by atoms with Gasteiger partial charge in [-0.05, 0) is 48.5 Å². The fraction of sp³-hybridized carbons (Fsp3) is 0. The van der Waals surface area contributed by atoms with Gasteiger partial charge in [0.1, 0.15) is 0 Å². The van der Waals surface area contributed by atoms with Crippen molar-refractivity contribution < 1.29 is 0 Å². The quantitative estimate of drug-likeness (QED) is 0.264. The lowest BCUT2D eigenvalue weighted by molar-refractivity contribution is 1.19. The summed E-state index contributed by atoms with van der Waals surface area (Å²) in [6, 6.07) is 37.6. The monoisotopic (exact) mass is 438 g/mol. The standard InChI is InChI=1S/C30H18N2S/c1-4-10-25-19(7-1)22-16-23-20-8-2-5-11-27(20)32(28(23)17-26(22)31-25)18-13-14-30-24(15-18)21-9-3-6-12-29(21)33-30/h1-17,31H. The van der Waals surface area contributed by atoms with Crippen LogP contribution in [0.15, 0.2) is 103 Å². The Morgan fingerprint density at radius 3 is 2.18 bits per heavy atom. The van der Waals surface area contributed by atoms with E-state index in [0.717, 1.165) is 0 Å². The van der Waals surface area contributed by atoms with Gasteiger partial charge in [0, 0.05) is 58.4 Å². The second kappa shape index (κ2) is 6.25. The van der Waals surface area contributed by atoms with Crippen LogP contribution in [0.2, 0.25) is 0 Å². The van der Waals surface area contributed by atoms with Gasteiger partial charge in [0.25, 0.3) is 0 Å². The Morgan fingerprint density at radius 1 is 0.485 bits per heavy atom. The second-order valence-electron chi connectivity index (χ2n) is 8.72. The first-order valence-corrected chi connectivity index (χ1v) is 12.0. The van der Waals surface area contributed by atoms with Crippen molar-refractivity contribution >= 4 is 75.1 Å². The highest BCUT2D eigenvalue weighted by Crippen LogP contribution is 2.39. The summed E-state index contributed by atoms with van der Waals surface area (Å²) in [5.74, 6) is 0. The van der Waals surface area contributed by atoms with Crippen LogP contribution in [0.25, 0.3) is 69.5 Å². The Kier molecular flexibility index (Phi) is 3.31. The molecule has 8 aromatic rings. The third-order valence-corrected chi connectivity index (χ3v) is 8.07. The molecule has 1 N–H and O–H groups in total. The van der Waals surface area contributed by atoms with Gasteiger partial charge in [0.05, 0.1) is 11.0 Å². The van der Waals surface area contributed by atoms with Crippen LogP contribution in [0.4, 0.5) is 0 Å². The zero-order valence-corrected chi connectivity index (χ0v) is 18.5. The number of para-hydroxylation sites is 2. The van der Waals surface area contributed by atoms with E-state index >= 15 is 0 Å². The van der Waals surface area contributed by atoms with E-state index in [0.29, 0.717) is 0 Å². The van der Waals surface area contributed by atoms with E-state index in [9.17, 15) is 0 Å². The maximum absolute atomic E-state index is 3.63. The molecule has 0 atom stereocenters.